The van der Waals surface area contributed by atoms with Crippen LogP contribution in [-0.4, -0.2) is 47.4 Å². The summed E-state index contributed by atoms with van der Waals surface area (Å²) in [6.07, 6.45) is 67.4. The average Bonchev–Trinajstić information content (AvgIpc) is 3.32. The van der Waals surface area contributed by atoms with Gasteiger partial charge in [0.15, 0.2) is 0 Å². The summed E-state index contributed by atoms with van der Waals surface area (Å²) in [6, 6.07) is -0.544. The largest absolute Gasteiger partial charge is 0.466 e. The van der Waals surface area contributed by atoms with Crippen molar-refractivity contribution in [2.24, 2.45) is 0 Å². The number of carbonyl (C=O) groups is 2. The fourth-order valence-electron chi connectivity index (χ4n) is 9.20. The van der Waals surface area contributed by atoms with Gasteiger partial charge in [-0.2, -0.15) is 0 Å². The monoisotopic (exact) mass is 930 g/mol. The van der Waals surface area contributed by atoms with E-state index in [1.807, 2.05) is 0 Å². The Bertz CT molecular complexity index is 1030. The number of ether oxygens (including phenoxy) is 1. The Kier molecular flexibility index (Phi) is 54.5. The van der Waals surface area contributed by atoms with Gasteiger partial charge in [-0.1, -0.05) is 276 Å². The number of allylic oxidation sites excluding steroid dienone is 4. The fraction of sp³-hybridized carbons (Fsp3) is 0.900. The Hall–Kier alpha value is -1.66. The number of nitrogens with one attached hydrogen (secondary N) is 1. The molecule has 66 heavy (non-hydrogen) atoms. The van der Waals surface area contributed by atoms with Gasteiger partial charge in [0.25, 0.3) is 0 Å². The number of hydrogen-bond donors (Lipinski definition) is 3. The first-order valence-corrected chi connectivity index (χ1v) is 29.6. The van der Waals surface area contributed by atoms with Gasteiger partial charge in [0.2, 0.25) is 5.91 Å². The molecule has 0 saturated carbocycles. The van der Waals surface area contributed by atoms with Crippen LogP contribution in [0.15, 0.2) is 24.3 Å². The maximum atomic E-state index is 12.5. The minimum absolute atomic E-state index is 0.000297. The van der Waals surface area contributed by atoms with Crippen LogP contribution < -0.4 is 5.32 Å². The molecule has 0 aromatic carbocycles. The molecule has 0 aliphatic heterocycles. The minimum atomic E-state index is -0.666. The van der Waals surface area contributed by atoms with Crippen molar-refractivity contribution in [1.29, 1.82) is 0 Å². The Morgan fingerprint density at radius 2 is 0.758 bits per heavy atom. The zero-order valence-electron chi connectivity index (χ0n) is 44.4. The molecule has 6 nitrogen and oxygen atoms in total. The van der Waals surface area contributed by atoms with Gasteiger partial charge in [0.1, 0.15) is 0 Å². The molecule has 2 atom stereocenters. The number of hydrogen-bond acceptors (Lipinski definition) is 5. The number of carbonyl (C=O) groups excluding carboxylic acids is 2. The van der Waals surface area contributed by atoms with E-state index < -0.39 is 12.1 Å². The standard InChI is InChI=1S/C60H115NO5/c1-3-5-7-9-11-13-15-17-18-19-23-26-30-34-38-42-46-50-54-60(65)66-55-51-47-43-39-35-31-27-24-21-20-22-25-29-33-37-41-45-49-53-59(64)61-57(56-62)58(63)52-48-44-40-36-32-28-16-14-12-10-8-6-4-2/h13,15,18-19,57-58,62-63H,3-12,14,16-17,20-56H2,1-2H3,(H,61,64)/b15-13-,19-18-. The molecule has 0 aliphatic rings. The van der Waals surface area contributed by atoms with E-state index in [-0.39, 0.29) is 18.5 Å². The second-order valence-electron chi connectivity index (χ2n) is 20.3. The van der Waals surface area contributed by atoms with Gasteiger partial charge in [-0.05, 0) is 57.8 Å². The van der Waals surface area contributed by atoms with E-state index in [2.05, 4.69) is 43.5 Å². The van der Waals surface area contributed by atoms with E-state index in [0.717, 1.165) is 51.4 Å². The first-order chi connectivity index (χ1) is 32.5. The summed E-state index contributed by atoms with van der Waals surface area (Å²) in [6.45, 7) is 4.93. The summed E-state index contributed by atoms with van der Waals surface area (Å²) in [7, 11) is 0. The summed E-state index contributed by atoms with van der Waals surface area (Å²) in [4.78, 5) is 24.5. The molecular weight excluding hydrogens is 815 g/mol. The van der Waals surface area contributed by atoms with Gasteiger partial charge < -0.3 is 20.3 Å². The lowest BCUT2D eigenvalue weighted by atomic mass is 10.0. The molecule has 0 spiro atoms. The van der Waals surface area contributed by atoms with Crippen LogP contribution in [0.2, 0.25) is 0 Å². The smallest absolute Gasteiger partial charge is 0.305 e. The topological polar surface area (TPSA) is 95.9 Å². The molecule has 3 N–H and O–H groups in total. The number of amides is 1. The summed E-state index contributed by atoms with van der Waals surface area (Å²) < 4.78 is 5.49. The van der Waals surface area contributed by atoms with Gasteiger partial charge in [-0.25, -0.2) is 0 Å². The summed E-state index contributed by atoms with van der Waals surface area (Å²) >= 11 is 0. The Morgan fingerprint density at radius 1 is 0.424 bits per heavy atom. The third kappa shape index (κ3) is 51.7. The van der Waals surface area contributed by atoms with Gasteiger partial charge in [0.05, 0.1) is 25.4 Å². The average molecular weight is 931 g/mol. The van der Waals surface area contributed by atoms with E-state index in [4.69, 9.17) is 4.74 Å². The Morgan fingerprint density at radius 3 is 1.17 bits per heavy atom. The van der Waals surface area contributed by atoms with Crippen molar-refractivity contribution < 1.29 is 24.5 Å². The van der Waals surface area contributed by atoms with Gasteiger partial charge >= 0.3 is 5.97 Å². The molecule has 0 heterocycles. The van der Waals surface area contributed by atoms with Crippen LogP contribution in [0.4, 0.5) is 0 Å². The number of rotatable bonds is 55. The summed E-state index contributed by atoms with van der Waals surface area (Å²) in [5, 5.41) is 23.2. The van der Waals surface area contributed by atoms with E-state index in [1.165, 1.54) is 238 Å². The van der Waals surface area contributed by atoms with Crippen LogP contribution in [0.25, 0.3) is 0 Å². The SMILES string of the molecule is CCCCCC/C=C\C/C=C\CCCCCCCCCC(=O)OCCCCCCCCCCCCCCCCCCCCC(=O)NC(CO)C(O)CCCCCCCCCCCCCCC. The van der Waals surface area contributed by atoms with Gasteiger partial charge in [-0.3, -0.25) is 9.59 Å². The number of aliphatic hydroxyl groups excluding tert-OH is 2. The minimum Gasteiger partial charge on any atom is -0.466 e. The molecule has 0 bridgehead atoms. The van der Waals surface area contributed by atoms with E-state index in [0.29, 0.717) is 25.9 Å². The molecule has 0 saturated heterocycles. The van der Waals surface area contributed by atoms with E-state index in [1.54, 1.807) is 0 Å². The van der Waals surface area contributed by atoms with Crippen molar-refractivity contribution in [2.45, 2.75) is 334 Å². The molecule has 0 radical (unpaired) electrons. The normalized spacial score (nSPS) is 12.7. The van der Waals surface area contributed by atoms with Gasteiger partial charge in [-0.15, -0.1) is 0 Å². The Labute approximate surface area is 411 Å². The molecule has 0 rings (SSSR count). The lowest BCUT2D eigenvalue weighted by molar-refractivity contribution is -0.143. The number of unbranched alkanes of at least 4 members (excludes halogenated alkanes) is 40. The quantitative estimate of drug-likeness (QED) is 0.0321. The van der Waals surface area contributed by atoms with Crippen LogP contribution in [0.3, 0.4) is 0 Å². The van der Waals surface area contributed by atoms with Crippen molar-refractivity contribution in [2.75, 3.05) is 13.2 Å². The molecule has 390 valence electrons. The summed E-state index contributed by atoms with van der Waals surface area (Å²) in [5.74, 6) is -0.0381. The number of aliphatic hydroxyl groups is 2. The third-order valence-corrected chi connectivity index (χ3v) is 13.8. The third-order valence-electron chi connectivity index (χ3n) is 13.8. The fourth-order valence-corrected chi connectivity index (χ4v) is 9.20. The molecule has 0 aromatic heterocycles. The van der Waals surface area contributed by atoms with Crippen LogP contribution in [0, 0.1) is 0 Å². The maximum absolute atomic E-state index is 12.5. The predicted octanol–water partition coefficient (Wildman–Crippen LogP) is 18.2. The maximum Gasteiger partial charge on any atom is 0.305 e. The second-order valence-corrected chi connectivity index (χ2v) is 20.3. The molecule has 2 unspecified atom stereocenters. The predicted molar refractivity (Wildman–Crippen MR) is 287 cm³/mol. The van der Waals surface area contributed by atoms with Crippen LogP contribution in [-0.2, 0) is 14.3 Å². The van der Waals surface area contributed by atoms with Crippen molar-refractivity contribution in [3.8, 4) is 0 Å². The lowest BCUT2D eigenvalue weighted by Crippen LogP contribution is -2.45. The van der Waals surface area contributed by atoms with Crippen LogP contribution in [0.5, 0.6) is 0 Å². The molecule has 0 aliphatic carbocycles. The first kappa shape index (κ1) is 64.3. The molecule has 6 heteroatoms. The second kappa shape index (κ2) is 55.9. The highest BCUT2D eigenvalue weighted by molar-refractivity contribution is 5.76. The highest BCUT2D eigenvalue weighted by Gasteiger charge is 2.20. The van der Waals surface area contributed by atoms with Crippen molar-refractivity contribution in [1.82, 2.24) is 5.32 Å². The summed E-state index contributed by atoms with van der Waals surface area (Å²) in [5.41, 5.74) is 0. The van der Waals surface area contributed by atoms with Crippen molar-refractivity contribution in [3.05, 3.63) is 24.3 Å². The number of esters is 1. The van der Waals surface area contributed by atoms with Crippen molar-refractivity contribution in [3.63, 3.8) is 0 Å². The highest BCUT2D eigenvalue weighted by Crippen LogP contribution is 2.17. The lowest BCUT2D eigenvalue weighted by Gasteiger charge is -2.22. The van der Waals surface area contributed by atoms with E-state index in [9.17, 15) is 19.8 Å². The molecule has 0 aromatic rings. The van der Waals surface area contributed by atoms with Crippen molar-refractivity contribution >= 4 is 11.9 Å². The molecular formula is C60H115NO5. The molecule has 0 fully saturated rings. The first-order valence-electron chi connectivity index (χ1n) is 29.6. The zero-order chi connectivity index (χ0) is 47.9. The van der Waals surface area contributed by atoms with E-state index >= 15 is 0 Å². The van der Waals surface area contributed by atoms with Gasteiger partial charge in [0, 0.05) is 12.8 Å². The molecule has 1 amide bonds. The zero-order valence-corrected chi connectivity index (χ0v) is 44.4. The highest BCUT2D eigenvalue weighted by atomic mass is 16.5. The van der Waals surface area contributed by atoms with Crippen LogP contribution >= 0.6 is 0 Å². The van der Waals surface area contributed by atoms with Crippen LogP contribution in [0.1, 0.15) is 322 Å². The Balaban J connectivity index is 3.39.